The lowest BCUT2D eigenvalue weighted by Gasteiger charge is -2.35. The number of hydrogen-bond donors (Lipinski definition) is 2. The number of methoxy groups -OCH3 is 1. The summed E-state index contributed by atoms with van der Waals surface area (Å²) in [7, 11) is 1.50. The van der Waals surface area contributed by atoms with Gasteiger partial charge in [-0.25, -0.2) is 14.5 Å². The van der Waals surface area contributed by atoms with Crippen molar-refractivity contribution in [2.45, 2.75) is 85.2 Å². The summed E-state index contributed by atoms with van der Waals surface area (Å²) in [6, 6.07) is 16.3. The highest BCUT2D eigenvalue weighted by atomic mass is 16.6. The number of nitro groups is 1. The molecule has 3 aromatic carbocycles. The number of nitrogens with zero attached hydrogens (tertiary/aromatic N) is 3. The van der Waals surface area contributed by atoms with Crippen LogP contribution in [0.5, 0.6) is 23.0 Å². The minimum absolute atomic E-state index is 0.00219. The third kappa shape index (κ3) is 10.3. The van der Waals surface area contributed by atoms with E-state index in [0.717, 1.165) is 10.5 Å². The number of ether oxygens (including phenoxy) is 5. The fourth-order valence-electron chi connectivity index (χ4n) is 5.13. The predicted molar refractivity (Wildman–Crippen MR) is 192 cm³/mol. The van der Waals surface area contributed by atoms with Gasteiger partial charge in [-0.15, -0.1) is 0 Å². The second-order valence-electron chi connectivity index (χ2n) is 13.9. The Labute approximate surface area is 302 Å². The zero-order valence-electron chi connectivity index (χ0n) is 30.6. The van der Waals surface area contributed by atoms with Crippen LogP contribution in [0.3, 0.4) is 0 Å². The Kier molecular flexibility index (Phi) is 12.0. The summed E-state index contributed by atoms with van der Waals surface area (Å²) >= 11 is 0. The van der Waals surface area contributed by atoms with Crippen LogP contribution in [-0.2, 0) is 27.2 Å². The van der Waals surface area contributed by atoms with Crippen molar-refractivity contribution in [1.29, 1.82) is 5.41 Å². The van der Waals surface area contributed by atoms with Crippen LogP contribution in [0, 0.1) is 15.5 Å². The Hall–Kier alpha value is -5.86. The smallest absolute Gasteiger partial charge is 0.417 e. The highest BCUT2D eigenvalue weighted by Gasteiger charge is 2.37. The quantitative estimate of drug-likeness (QED) is 0.0930. The Morgan fingerprint density at radius 3 is 2.25 bits per heavy atom. The predicted octanol–water partition coefficient (Wildman–Crippen LogP) is 7.34. The van der Waals surface area contributed by atoms with E-state index in [1.54, 1.807) is 90.1 Å². The van der Waals surface area contributed by atoms with Gasteiger partial charge in [0.05, 0.1) is 18.6 Å². The second-order valence-corrected chi connectivity index (χ2v) is 13.9. The van der Waals surface area contributed by atoms with Crippen LogP contribution in [0.4, 0.5) is 21.0 Å². The molecule has 278 valence electrons. The summed E-state index contributed by atoms with van der Waals surface area (Å²) < 4.78 is 28.6. The van der Waals surface area contributed by atoms with Gasteiger partial charge < -0.3 is 23.7 Å². The number of non-ortho nitro benzene ring substituents is 1. The Morgan fingerprint density at radius 1 is 0.981 bits per heavy atom. The number of anilines is 1. The molecule has 0 saturated carbocycles. The van der Waals surface area contributed by atoms with E-state index < -0.39 is 40.4 Å². The standard InChI is InChI=1S/C37H45N5O10/c1-9-28-32(43)41(22-24-11-10-12-25(19-24)42(46)47)31-29(20-27(48-8)21-30(31)50-28)49-26-15-13-23(14-16-26)17-18-40(35(45)52-37(5,6)7)33(38)39-34(44)51-36(2,3)4/h10-16,19-21,28H,9,17-18,22H2,1-8H3,(H2,38,39,44). The van der Waals surface area contributed by atoms with Crippen LogP contribution in [0.1, 0.15) is 66.0 Å². The highest BCUT2D eigenvalue weighted by molar-refractivity contribution is 6.02. The first-order valence-corrected chi connectivity index (χ1v) is 16.7. The molecule has 0 spiro atoms. The van der Waals surface area contributed by atoms with Crippen LogP contribution >= 0.6 is 0 Å². The molecule has 0 saturated heterocycles. The molecule has 1 unspecified atom stereocenters. The molecule has 0 aromatic heterocycles. The van der Waals surface area contributed by atoms with Crippen molar-refractivity contribution in [1.82, 2.24) is 10.2 Å². The van der Waals surface area contributed by atoms with Crippen molar-refractivity contribution >= 4 is 35.4 Å². The van der Waals surface area contributed by atoms with Crippen LogP contribution in [0.25, 0.3) is 0 Å². The van der Waals surface area contributed by atoms with Crippen molar-refractivity contribution in [3.05, 3.63) is 81.9 Å². The van der Waals surface area contributed by atoms with Crippen molar-refractivity contribution in [2.24, 2.45) is 0 Å². The molecule has 1 aliphatic heterocycles. The third-order valence-electron chi connectivity index (χ3n) is 7.44. The highest BCUT2D eigenvalue weighted by Crippen LogP contribution is 2.47. The molecule has 52 heavy (non-hydrogen) atoms. The molecule has 15 heteroatoms. The molecule has 3 aromatic rings. The molecule has 1 atom stereocenters. The molecule has 2 N–H and O–H groups in total. The fraction of sp³-hybridized carbons (Fsp3) is 0.405. The van der Waals surface area contributed by atoms with Gasteiger partial charge in [0.15, 0.2) is 17.6 Å². The third-order valence-corrected chi connectivity index (χ3v) is 7.44. The summed E-state index contributed by atoms with van der Waals surface area (Å²) in [5.74, 6) is 0.620. The first-order chi connectivity index (χ1) is 24.4. The molecule has 0 aliphatic carbocycles. The monoisotopic (exact) mass is 719 g/mol. The van der Waals surface area contributed by atoms with Gasteiger partial charge >= 0.3 is 12.2 Å². The molecular formula is C37H45N5O10. The number of nitro benzene ring substituents is 1. The van der Waals surface area contributed by atoms with Crippen molar-refractivity contribution < 1.29 is 43.0 Å². The van der Waals surface area contributed by atoms with Crippen LogP contribution in [-0.4, -0.2) is 64.8 Å². The number of nitrogens with one attached hydrogen (secondary N) is 2. The fourth-order valence-corrected chi connectivity index (χ4v) is 5.13. The molecule has 1 heterocycles. The van der Waals surface area contributed by atoms with Crippen LogP contribution in [0.2, 0.25) is 0 Å². The maximum atomic E-state index is 13.7. The van der Waals surface area contributed by atoms with Gasteiger partial charge in [-0.2, -0.15) is 0 Å². The Balaban J connectivity index is 1.58. The van der Waals surface area contributed by atoms with Gasteiger partial charge in [0.1, 0.15) is 28.4 Å². The lowest BCUT2D eigenvalue weighted by Crippen LogP contribution is -2.50. The van der Waals surface area contributed by atoms with E-state index in [0.29, 0.717) is 34.9 Å². The first-order valence-electron chi connectivity index (χ1n) is 16.7. The maximum absolute atomic E-state index is 13.7. The van der Waals surface area contributed by atoms with E-state index in [1.807, 2.05) is 6.92 Å². The summed E-state index contributed by atoms with van der Waals surface area (Å²) in [4.78, 5) is 52.5. The van der Waals surface area contributed by atoms with E-state index in [1.165, 1.54) is 24.1 Å². The van der Waals surface area contributed by atoms with Gasteiger partial charge in [-0.05, 0) is 77.6 Å². The molecule has 0 bridgehead atoms. The SMILES string of the molecule is CCC1Oc2cc(OC)cc(Oc3ccc(CCN(C(=N)NC(=O)OC(C)(C)C)C(=O)OC(C)(C)C)cc3)c2N(Cc2cccc([N+](=O)[O-])c2)C1=O. The van der Waals surface area contributed by atoms with Crippen LogP contribution < -0.4 is 24.4 Å². The van der Waals surface area contributed by atoms with Crippen LogP contribution in [0.15, 0.2) is 60.7 Å². The van der Waals surface area contributed by atoms with Gasteiger partial charge in [0.25, 0.3) is 11.6 Å². The Bertz CT molecular complexity index is 1810. The Morgan fingerprint density at radius 2 is 1.65 bits per heavy atom. The average Bonchev–Trinajstić information content (AvgIpc) is 3.04. The van der Waals surface area contributed by atoms with Gasteiger partial charge in [-0.3, -0.25) is 30.5 Å². The molecular weight excluding hydrogens is 674 g/mol. The normalized spacial score (nSPS) is 14.0. The summed E-state index contributed by atoms with van der Waals surface area (Å²) in [6.45, 7) is 12.0. The summed E-state index contributed by atoms with van der Waals surface area (Å²) in [5.41, 5.74) is -0.0841. The topological polar surface area (TPSA) is 183 Å². The van der Waals surface area contributed by atoms with E-state index in [4.69, 9.17) is 29.1 Å². The van der Waals surface area contributed by atoms with Crippen molar-refractivity contribution in [2.75, 3.05) is 18.6 Å². The number of carbonyl (C=O) groups is 3. The minimum Gasteiger partial charge on any atom is -0.496 e. The average molecular weight is 720 g/mol. The van der Waals surface area contributed by atoms with Gasteiger partial charge in [0, 0.05) is 30.8 Å². The second kappa shape index (κ2) is 16.0. The molecule has 1 aliphatic rings. The molecule has 15 nitrogen and oxygen atoms in total. The number of carbonyl (C=O) groups excluding carboxylic acids is 3. The van der Waals surface area contributed by atoms with Gasteiger partial charge in [0.2, 0.25) is 5.96 Å². The van der Waals surface area contributed by atoms with E-state index in [-0.39, 0.29) is 36.9 Å². The van der Waals surface area contributed by atoms with E-state index in [9.17, 15) is 24.5 Å². The number of hydrogen-bond acceptors (Lipinski definition) is 11. The minimum atomic E-state index is -0.881. The number of rotatable bonds is 10. The molecule has 3 amide bonds. The van der Waals surface area contributed by atoms with Gasteiger partial charge in [-0.1, -0.05) is 31.2 Å². The number of fused-ring (bicyclic) bond motifs is 1. The number of amides is 3. The van der Waals surface area contributed by atoms with Crippen molar-refractivity contribution in [3.63, 3.8) is 0 Å². The number of benzene rings is 3. The zero-order valence-corrected chi connectivity index (χ0v) is 30.6. The summed E-state index contributed by atoms with van der Waals surface area (Å²) in [6.07, 6.45) is -1.81. The molecule has 4 rings (SSSR count). The summed E-state index contributed by atoms with van der Waals surface area (Å²) in [5, 5.41) is 22.2. The lowest BCUT2D eigenvalue weighted by molar-refractivity contribution is -0.384. The molecule has 0 radical (unpaired) electrons. The number of guanidine groups is 1. The maximum Gasteiger partial charge on any atom is 0.417 e. The largest absolute Gasteiger partial charge is 0.496 e. The van der Waals surface area contributed by atoms with Crippen molar-refractivity contribution in [3.8, 4) is 23.0 Å². The first kappa shape index (κ1) is 38.9. The molecule has 0 fully saturated rings. The van der Waals surface area contributed by atoms with E-state index in [2.05, 4.69) is 5.32 Å². The lowest BCUT2D eigenvalue weighted by atomic mass is 10.1. The number of alkyl carbamates (subject to hydrolysis) is 1. The zero-order chi connectivity index (χ0) is 38.4. The van der Waals surface area contributed by atoms with E-state index >= 15 is 0 Å².